The molecule has 0 aromatic heterocycles. The SMILES string of the molecule is CC1CC(C)(C)N(C)c2cc3c(cc21)N=c1cc2c(cc1O3)=NC(C)(C)CC2CS(=O)(=O)NCc1ccccc1. The lowest BCUT2D eigenvalue weighted by Crippen LogP contribution is -2.45. The van der Waals surface area contributed by atoms with Gasteiger partial charge in [0.2, 0.25) is 10.0 Å². The van der Waals surface area contributed by atoms with Crippen LogP contribution in [0.25, 0.3) is 0 Å². The van der Waals surface area contributed by atoms with E-state index in [-0.39, 0.29) is 23.8 Å². The lowest BCUT2D eigenvalue weighted by Gasteiger charge is -2.45. The van der Waals surface area contributed by atoms with Gasteiger partial charge in [-0.1, -0.05) is 37.3 Å². The van der Waals surface area contributed by atoms with Crippen LogP contribution >= 0.6 is 0 Å². The zero-order chi connectivity index (χ0) is 28.4. The number of sulfonamides is 1. The number of nitrogens with one attached hydrogen (secondary N) is 1. The highest BCUT2D eigenvalue weighted by Gasteiger charge is 2.36. The number of fused-ring (bicyclic) bond motifs is 4. The van der Waals surface area contributed by atoms with Crippen LogP contribution in [-0.2, 0) is 16.6 Å². The van der Waals surface area contributed by atoms with E-state index in [1.807, 2.05) is 42.5 Å². The van der Waals surface area contributed by atoms with Crippen molar-refractivity contribution in [3.8, 4) is 11.5 Å². The van der Waals surface area contributed by atoms with E-state index in [2.05, 4.69) is 63.4 Å². The summed E-state index contributed by atoms with van der Waals surface area (Å²) in [5, 5.41) is 1.50. The van der Waals surface area contributed by atoms with Crippen molar-refractivity contribution in [1.82, 2.24) is 4.72 Å². The van der Waals surface area contributed by atoms with E-state index >= 15 is 0 Å². The molecule has 0 spiro atoms. The van der Waals surface area contributed by atoms with Crippen LogP contribution in [0.1, 0.15) is 76.0 Å². The van der Waals surface area contributed by atoms with Gasteiger partial charge < -0.3 is 9.64 Å². The van der Waals surface area contributed by atoms with E-state index in [1.165, 1.54) is 11.3 Å². The Balaban J connectivity index is 1.36. The largest absolute Gasteiger partial charge is 0.453 e. The van der Waals surface area contributed by atoms with Crippen LogP contribution in [0.15, 0.2) is 64.6 Å². The molecule has 0 amide bonds. The molecule has 3 aromatic carbocycles. The van der Waals surface area contributed by atoms with Crippen LogP contribution in [0.2, 0.25) is 0 Å². The normalized spacial score (nSPS) is 22.0. The summed E-state index contributed by atoms with van der Waals surface area (Å²) in [4.78, 5) is 12.3. The first-order valence-electron chi connectivity index (χ1n) is 14.0. The van der Waals surface area contributed by atoms with Gasteiger partial charge in [0, 0.05) is 42.9 Å². The number of nitrogens with zero attached hydrogens (tertiary/aromatic N) is 3. The van der Waals surface area contributed by atoms with Gasteiger partial charge in [-0.3, -0.25) is 4.99 Å². The second-order valence-electron chi connectivity index (χ2n) is 12.9. The van der Waals surface area contributed by atoms with Gasteiger partial charge in [-0.2, -0.15) is 0 Å². The molecular weight excluding hydrogens is 520 g/mol. The molecular formula is C32H38N4O3S. The highest BCUT2D eigenvalue weighted by Crippen LogP contribution is 2.48. The first-order valence-corrected chi connectivity index (χ1v) is 15.7. The van der Waals surface area contributed by atoms with Crippen LogP contribution < -0.4 is 25.1 Å². The van der Waals surface area contributed by atoms with Crippen molar-refractivity contribution in [3.63, 3.8) is 0 Å². The molecule has 0 bridgehead atoms. The molecule has 6 rings (SSSR count). The van der Waals surface area contributed by atoms with E-state index in [0.29, 0.717) is 18.1 Å². The van der Waals surface area contributed by atoms with Crippen LogP contribution in [0.3, 0.4) is 0 Å². The maximum atomic E-state index is 13.2. The predicted octanol–water partition coefficient (Wildman–Crippen LogP) is 5.47. The van der Waals surface area contributed by atoms with Gasteiger partial charge in [0.1, 0.15) is 11.0 Å². The molecule has 0 aliphatic carbocycles. The van der Waals surface area contributed by atoms with Gasteiger partial charge in [-0.25, -0.2) is 18.1 Å². The molecule has 0 fully saturated rings. The summed E-state index contributed by atoms with van der Waals surface area (Å²) in [5.74, 6) is 1.59. The minimum Gasteiger partial charge on any atom is -0.453 e. The lowest BCUT2D eigenvalue weighted by atomic mass is 9.80. The summed E-state index contributed by atoms with van der Waals surface area (Å²) < 4.78 is 35.6. The summed E-state index contributed by atoms with van der Waals surface area (Å²) in [6.45, 7) is 11.2. The smallest absolute Gasteiger partial charge is 0.212 e. The monoisotopic (exact) mass is 558 g/mol. The topological polar surface area (TPSA) is 83.4 Å². The first kappa shape index (κ1) is 27.0. The minimum absolute atomic E-state index is 0.00480. The van der Waals surface area contributed by atoms with Crippen molar-refractivity contribution in [2.24, 2.45) is 9.98 Å². The average Bonchev–Trinajstić information content (AvgIpc) is 2.87. The van der Waals surface area contributed by atoms with Crippen molar-refractivity contribution in [3.05, 3.63) is 82.0 Å². The predicted molar refractivity (Wildman–Crippen MR) is 159 cm³/mol. The van der Waals surface area contributed by atoms with Crippen molar-refractivity contribution in [2.45, 2.75) is 76.9 Å². The average molecular weight is 559 g/mol. The Kier molecular flexibility index (Phi) is 6.35. The summed E-state index contributed by atoms with van der Waals surface area (Å²) in [5.41, 5.74) is 4.77. The van der Waals surface area contributed by atoms with Crippen LogP contribution in [0.4, 0.5) is 11.4 Å². The van der Waals surface area contributed by atoms with Crippen molar-refractivity contribution in [2.75, 3.05) is 17.7 Å². The molecule has 3 aromatic rings. The molecule has 40 heavy (non-hydrogen) atoms. The Labute approximate surface area is 237 Å². The summed E-state index contributed by atoms with van der Waals surface area (Å²) >= 11 is 0. The Bertz CT molecular complexity index is 1710. The second kappa shape index (κ2) is 9.42. The number of rotatable bonds is 5. The molecule has 0 saturated carbocycles. The minimum atomic E-state index is -3.53. The zero-order valence-electron chi connectivity index (χ0n) is 24.2. The van der Waals surface area contributed by atoms with Gasteiger partial charge in [0.15, 0.2) is 11.5 Å². The Hall–Kier alpha value is -3.23. The molecule has 2 unspecified atom stereocenters. The molecule has 8 heteroatoms. The number of anilines is 1. The lowest BCUT2D eigenvalue weighted by molar-refractivity contribution is 0.393. The number of hydrogen-bond donors (Lipinski definition) is 1. The Morgan fingerprint density at radius 2 is 1.73 bits per heavy atom. The summed E-state index contributed by atoms with van der Waals surface area (Å²) in [6.07, 6.45) is 1.70. The van der Waals surface area contributed by atoms with E-state index in [1.54, 1.807) is 0 Å². The fourth-order valence-corrected chi connectivity index (χ4v) is 7.84. The standard InChI is InChI=1S/C32H38N4O3S/c1-20-16-32(4,5)36(6)28-15-30-26(12-23(20)28)34-27-13-24-22(17-31(2,3)35-25(24)14-29(27)39-30)19-40(37,38)33-18-21-10-8-7-9-11-21/h7-15,20,22,33H,16-19H2,1-6H3. The molecule has 7 nitrogen and oxygen atoms in total. The van der Waals surface area contributed by atoms with Gasteiger partial charge >= 0.3 is 0 Å². The zero-order valence-corrected chi connectivity index (χ0v) is 25.0. The highest BCUT2D eigenvalue weighted by atomic mass is 32.2. The summed E-state index contributed by atoms with van der Waals surface area (Å²) in [7, 11) is -1.39. The van der Waals surface area contributed by atoms with Crippen molar-refractivity contribution >= 4 is 21.4 Å². The van der Waals surface area contributed by atoms with E-state index in [9.17, 15) is 8.42 Å². The van der Waals surface area contributed by atoms with Crippen molar-refractivity contribution in [1.29, 1.82) is 0 Å². The molecule has 3 heterocycles. The van der Waals surface area contributed by atoms with Crippen molar-refractivity contribution < 1.29 is 13.2 Å². The quantitative estimate of drug-likeness (QED) is 0.352. The van der Waals surface area contributed by atoms with Gasteiger partial charge in [-0.15, -0.1) is 0 Å². The third kappa shape index (κ3) is 5.03. The van der Waals surface area contributed by atoms with Gasteiger partial charge in [0.25, 0.3) is 0 Å². The number of benzene rings is 3. The van der Waals surface area contributed by atoms with Crippen LogP contribution in [0.5, 0.6) is 11.5 Å². The molecule has 3 aliphatic heterocycles. The number of hydrogen-bond acceptors (Lipinski definition) is 6. The molecule has 0 saturated heterocycles. The molecule has 210 valence electrons. The Morgan fingerprint density at radius 3 is 2.48 bits per heavy atom. The maximum Gasteiger partial charge on any atom is 0.212 e. The maximum absolute atomic E-state index is 13.2. The van der Waals surface area contributed by atoms with E-state index < -0.39 is 15.6 Å². The van der Waals surface area contributed by atoms with Gasteiger partial charge in [-0.05, 0) is 75.3 Å². The Morgan fingerprint density at radius 1 is 0.975 bits per heavy atom. The second-order valence-corrected chi connectivity index (χ2v) is 14.7. The van der Waals surface area contributed by atoms with Crippen LogP contribution in [0, 0.1) is 0 Å². The first-order chi connectivity index (χ1) is 18.8. The molecule has 3 aliphatic rings. The highest BCUT2D eigenvalue weighted by molar-refractivity contribution is 7.89. The molecule has 1 N–H and O–H groups in total. The third-order valence-electron chi connectivity index (χ3n) is 8.65. The van der Waals surface area contributed by atoms with Gasteiger partial charge in [0.05, 0.1) is 16.6 Å². The summed E-state index contributed by atoms with van der Waals surface area (Å²) in [6, 6.07) is 17.8. The molecule has 0 radical (unpaired) electrons. The van der Waals surface area contributed by atoms with E-state index in [4.69, 9.17) is 14.7 Å². The fourth-order valence-electron chi connectivity index (χ4n) is 6.51. The fraction of sp³-hybridized carbons (Fsp3) is 0.438. The van der Waals surface area contributed by atoms with E-state index in [0.717, 1.165) is 39.7 Å². The third-order valence-corrected chi connectivity index (χ3v) is 10.1. The van der Waals surface area contributed by atoms with Crippen LogP contribution in [-0.4, -0.2) is 32.3 Å². The molecule has 2 atom stereocenters. The number of ether oxygens (including phenoxy) is 1.